The van der Waals surface area contributed by atoms with Crippen LogP contribution in [-0.2, 0) is 6.42 Å². The average Bonchev–Trinajstić information content (AvgIpc) is 2.80. The van der Waals surface area contributed by atoms with Crippen LogP contribution >= 0.6 is 0 Å². The summed E-state index contributed by atoms with van der Waals surface area (Å²) in [5.74, 6) is 1.79. The minimum absolute atomic E-state index is 0.406. The van der Waals surface area contributed by atoms with Crippen molar-refractivity contribution >= 4 is 0 Å². The first-order chi connectivity index (χ1) is 9.39. The van der Waals surface area contributed by atoms with E-state index in [9.17, 15) is 0 Å². The van der Waals surface area contributed by atoms with E-state index in [0.717, 1.165) is 24.7 Å². The van der Waals surface area contributed by atoms with Crippen LogP contribution in [-0.4, -0.2) is 13.7 Å². The molecule has 2 nitrogen and oxygen atoms in total. The number of nitrogens with one attached hydrogen (secondary N) is 1. The highest BCUT2D eigenvalue weighted by Crippen LogP contribution is 2.33. The molecule has 1 N–H and O–H groups in total. The van der Waals surface area contributed by atoms with Crippen molar-refractivity contribution < 1.29 is 4.74 Å². The molecule has 20 heavy (non-hydrogen) atoms. The van der Waals surface area contributed by atoms with Gasteiger partial charge >= 0.3 is 0 Å². The van der Waals surface area contributed by atoms with Gasteiger partial charge < -0.3 is 10.1 Å². The van der Waals surface area contributed by atoms with Gasteiger partial charge in [0.1, 0.15) is 5.75 Å². The lowest BCUT2D eigenvalue weighted by molar-refractivity contribution is 0.279. The zero-order valence-corrected chi connectivity index (χ0v) is 13.6. The molecule has 0 aliphatic carbocycles. The Bertz CT molecular complexity index is 447. The van der Waals surface area contributed by atoms with E-state index in [0.29, 0.717) is 11.5 Å². The summed E-state index contributed by atoms with van der Waals surface area (Å²) in [5.41, 5.74) is 3.17. The predicted octanol–water partition coefficient (Wildman–Crippen LogP) is 4.34. The van der Waals surface area contributed by atoms with Crippen LogP contribution in [0, 0.1) is 11.3 Å². The van der Waals surface area contributed by atoms with Crippen LogP contribution in [0.5, 0.6) is 5.75 Å². The summed E-state index contributed by atoms with van der Waals surface area (Å²) >= 11 is 0. The Morgan fingerprint density at radius 3 is 2.70 bits per heavy atom. The van der Waals surface area contributed by atoms with E-state index >= 15 is 0 Å². The van der Waals surface area contributed by atoms with Gasteiger partial charge in [-0.05, 0) is 48.4 Å². The molecule has 1 heterocycles. The average molecular weight is 275 g/mol. The van der Waals surface area contributed by atoms with Gasteiger partial charge in [0, 0.05) is 12.5 Å². The largest absolute Gasteiger partial charge is 0.493 e. The number of hydrogen-bond donors (Lipinski definition) is 1. The van der Waals surface area contributed by atoms with E-state index < -0.39 is 0 Å². The van der Waals surface area contributed by atoms with E-state index in [1.54, 1.807) is 0 Å². The zero-order valence-electron chi connectivity index (χ0n) is 13.6. The maximum atomic E-state index is 5.59. The molecule has 1 aliphatic rings. The molecule has 0 fully saturated rings. The van der Waals surface area contributed by atoms with Crippen LogP contribution in [0.2, 0.25) is 0 Å². The highest BCUT2D eigenvalue weighted by Gasteiger charge is 2.21. The fourth-order valence-corrected chi connectivity index (χ4v) is 3.37. The molecule has 1 aliphatic heterocycles. The first kappa shape index (κ1) is 15.4. The Morgan fingerprint density at radius 2 is 2.05 bits per heavy atom. The van der Waals surface area contributed by atoms with Gasteiger partial charge in [0.25, 0.3) is 0 Å². The second-order valence-corrected chi connectivity index (χ2v) is 7.41. The number of fused-ring (bicyclic) bond motifs is 1. The lowest BCUT2D eigenvalue weighted by Gasteiger charge is -2.27. The SMILES string of the molecule is CNC(CC(C)CC(C)(C)C)c1ccc2c(c1)CCO2. The zero-order chi connectivity index (χ0) is 14.8. The fourth-order valence-electron chi connectivity index (χ4n) is 3.37. The van der Waals surface area contributed by atoms with Crippen LogP contribution < -0.4 is 10.1 Å². The number of ether oxygens (including phenoxy) is 1. The summed E-state index contributed by atoms with van der Waals surface area (Å²) in [5, 5.41) is 3.49. The minimum atomic E-state index is 0.406. The van der Waals surface area contributed by atoms with Gasteiger partial charge in [-0.15, -0.1) is 0 Å². The summed E-state index contributed by atoms with van der Waals surface area (Å²) in [6, 6.07) is 7.12. The van der Waals surface area contributed by atoms with Crippen molar-refractivity contribution in [2.75, 3.05) is 13.7 Å². The Hall–Kier alpha value is -1.02. The molecular weight excluding hydrogens is 246 g/mol. The summed E-state index contributed by atoms with van der Waals surface area (Å²) in [6.45, 7) is 10.2. The third-order valence-electron chi connectivity index (χ3n) is 4.06. The highest BCUT2D eigenvalue weighted by molar-refractivity contribution is 5.40. The molecule has 2 heteroatoms. The van der Waals surface area contributed by atoms with Crippen molar-refractivity contribution in [1.82, 2.24) is 5.32 Å². The van der Waals surface area contributed by atoms with Gasteiger partial charge in [-0.25, -0.2) is 0 Å². The van der Waals surface area contributed by atoms with Gasteiger partial charge in [-0.2, -0.15) is 0 Å². The first-order valence-electron chi connectivity index (χ1n) is 7.82. The Kier molecular flexibility index (Phi) is 4.74. The Labute approximate surface area is 123 Å². The molecule has 112 valence electrons. The van der Waals surface area contributed by atoms with Gasteiger partial charge in [0.05, 0.1) is 6.61 Å². The molecule has 2 rings (SSSR count). The van der Waals surface area contributed by atoms with Gasteiger partial charge in [0.2, 0.25) is 0 Å². The second-order valence-electron chi connectivity index (χ2n) is 7.41. The smallest absolute Gasteiger partial charge is 0.122 e. The van der Waals surface area contributed by atoms with Crippen LogP contribution in [0.1, 0.15) is 57.7 Å². The van der Waals surface area contributed by atoms with Crippen molar-refractivity contribution in [2.24, 2.45) is 11.3 Å². The molecule has 0 bridgehead atoms. The third kappa shape index (κ3) is 3.99. The fraction of sp³-hybridized carbons (Fsp3) is 0.667. The molecule has 0 aromatic heterocycles. The topological polar surface area (TPSA) is 21.3 Å². The minimum Gasteiger partial charge on any atom is -0.493 e. The molecule has 0 amide bonds. The van der Waals surface area contributed by atoms with Gasteiger partial charge in [-0.3, -0.25) is 0 Å². The number of benzene rings is 1. The summed E-state index contributed by atoms with van der Waals surface area (Å²) in [7, 11) is 2.07. The summed E-state index contributed by atoms with van der Waals surface area (Å²) in [6.07, 6.45) is 3.50. The quantitative estimate of drug-likeness (QED) is 0.863. The van der Waals surface area contributed by atoms with E-state index in [1.807, 2.05) is 0 Å². The second kappa shape index (κ2) is 6.17. The first-order valence-corrected chi connectivity index (χ1v) is 7.82. The van der Waals surface area contributed by atoms with E-state index in [4.69, 9.17) is 4.74 Å². The maximum Gasteiger partial charge on any atom is 0.122 e. The predicted molar refractivity (Wildman–Crippen MR) is 85.3 cm³/mol. The van der Waals surface area contributed by atoms with Crippen molar-refractivity contribution in [3.05, 3.63) is 29.3 Å². The van der Waals surface area contributed by atoms with Crippen molar-refractivity contribution in [1.29, 1.82) is 0 Å². The number of rotatable bonds is 5. The van der Waals surface area contributed by atoms with Crippen molar-refractivity contribution in [2.45, 2.75) is 53.0 Å². The van der Waals surface area contributed by atoms with Gasteiger partial charge in [0.15, 0.2) is 0 Å². The Morgan fingerprint density at radius 1 is 1.30 bits per heavy atom. The lowest BCUT2D eigenvalue weighted by Crippen LogP contribution is -2.21. The summed E-state index contributed by atoms with van der Waals surface area (Å²) < 4.78 is 5.59. The van der Waals surface area contributed by atoms with E-state index in [-0.39, 0.29) is 0 Å². The van der Waals surface area contributed by atoms with Crippen LogP contribution in [0.15, 0.2) is 18.2 Å². The van der Waals surface area contributed by atoms with E-state index in [2.05, 4.69) is 58.3 Å². The highest BCUT2D eigenvalue weighted by atomic mass is 16.5. The molecule has 2 atom stereocenters. The monoisotopic (exact) mass is 275 g/mol. The molecule has 1 aromatic carbocycles. The lowest BCUT2D eigenvalue weighted by atomic mass is 9.82. The standard InChI is InChI=1S/C18H29NO/c1-13(12-18(2,3)4)10-16(19-5)14-6-7-17-15(11-14)8-9-20-17/h6-7,11,13,16,19H,8-10,12H2,1-5H3. The van der Waals surface area contributed by atoms with Crippen LogP contribution in [0.25, 0.3) is 0 Å². The molecule has 0 spiro atoms. The Balaban J connectivity index is 2.04. The van der Waals surface area contributed by atoms with Crippen LogP contribution in [0.4, 0.5) is 0 Å². The number of hydrogen-bond acceptors (Lipinski definition) is 2. The van der Waals surface area contributed by atoms with Gasteiger partial charge in [-0.1, -0.05) is 39.8 Å². The summed E-state index contributed by atoms with van der Waals surface area (Å²) in [4.78, 5) is 0. The third-order valence-corrected chi connectivity index (χ3v) is 4.06. The van der Waals surface area contributed by atoms with Crippen LogP contribution in [0.3, 0.4) is 0 Å². The molecule has 0 radical (unpaired) electrons. The molecule has 1 aromatic rings. The molecule has 0 saturated carbocycles. The van der Waals surface area contributed by atoms with Crippen molar-refractivity contribution in [3.63, 3.8) is 0 Å². The normalized spacial score (nSPS) is 17.4. The molecule has 2 unspecified atom stereocenters. The maximum absolute atomic E-state index is 5.59. The molecular formula is C18H29NO. The molecule has 0 saturated heterocycles. The van der Waals surface area contributed by atoms with E-state index in [1.165, 1.54) is 24.0 Å². The van der Waals surface area contributed by atoms with Crippen molar-refractivity contribution in [3.8, 4) is 5.75 Å².